The van der Waals surface area contributed by atoms with Crippen molar-refractivity contribution in [3.63, 3.8) is 0 Å². The van der Waals surface area contributed by atoms with Crippen LogP contribution in [0.3, 0.4) is 0 Å². The van der Waals surface area contributed by atoms with E-state index in [-0.39, 0.29) is 12.6 Å². The minimum atomic E-state index is -0.588. The lowest BCUT2D eigenvalue weighted by Crippen LogP contribution is -2.49. The number of anilines is 1. The number of carbonyl (C=O) groups is 1. The van der Waals surface area contributed by atoms with Gasteiger partial charge in [-0.25, -0.2) is 9.59 Å². The van der Waals surface area contributed by atoms with Crippen molar-refractivity contribution in [3.05, 3.63) is 62.1 Å². The third kappa shape index (κ3) is 6.40. The predicted octanol–water partition coefficient (Wildman–Crippen LogP) is 3.11. The summed E-state index contributed by atoms with van der Waals surface area (Å²) < 4.78 is 9.96. The van der Waals surface area contributed by atoms with E-state index in [0.717, 1.165) is 24.0 Å². The molecule has 1 aliphatic rings. The van der Waals surface area contributed by atoms with Crippen molar-refractivity contribution < 1.29 is 9.53 Å². The van der Waals surface area contributed by atoms with Crippen molar-refractivity contribution in [1.82, 2.24) is 29.0 Å². The molecular weight excluding hydrogens is 498 g/mol. The molecule has 4 heterocycles. The van der Waals surface area contributed by atoms with Crippen LogP contribution in [0.4, 0.5) is 10.7 Å². The molecule has 4 rings (SSSR count). The Balaban J connectivity index is 1.76. The Hall–Kier alpha value is -3.89. The van der Waals surface area contributed by atoms with Crippen LogP contribution in [0, 0.1) is 6.92 Å². The summed E-state index contributed by atoms with van der Waals surface area (Å²) in [5, 5.41) is 2.97. The van der Waals surface area contributed by atoms with Gasteiger partial charge in [-0.1, -0.05) is 17.7 Å². The summed E-state index contributed by atoms with van der Waals surface area (Å²) in [5.74, 6) is 0.594. The summed E-state index contributed by atoms with van der Waals surface area (Å²) in [7, 11) is 1.63. The van der Waals surface area contributed by atoms with Crippen LogP contribution in [-0.4, -0.2) is 54.5 Å². The van der Waals surface area contributed by atoms with Crippen molar-refractivity contribution in [2.24, 2.45) is 7.05 Å². The standard InChI is InChI=1S/C28H39N7O4/c1-18(2)12-14-34-22-23(32(7)27(38)35(24(22)36)17-20-11-10-19(3)15-29-20)31-25(34)33-13-8-9-21(16-33)30-26(37)39-28(4,5)6/h10-12,15,21H,8-9,13-14,16-17H2,1-7H3,(H,30,37). The van der Waals surface area contributed by atoms with Gasteiger partial charge in [0.25, 0.3) is 5.56 Å². The summed E-state index contributed by atoms with van der Waals surface area (Å²) in [6, 6.07) is 3.59. The second-order valence-corrected chi connectivity index (χ2v) is 11.5. The van der Waals surface area contributed by atoms with E-state index >= 15 is 0 Å². The quantitative estimate of drug-likeness (QED) is 0.480. The highest BCUT2D eigenvalue weighted by Crippen LogP contribution is 2.24. The first-order chi connectivity index (χ1) is 18.3. The van der Waals surface area contributed by atoms with Crippen LogP contribution >= 0.6 is 0 Å². The van der Waals surface area contributed by atoms with Crippen molar-refractivity contribution in [2.75, 3.05) is 18.0 Å². The average molecular weight is 538 g/mol. The number of fused-ring (bicyclic) bond motifs is 1. The van der Waals surface area contributed by atoms with Crippen molar-refractivity contribution in [3.8, 4) is 0 Å². The van der Waals surface area contributed by atoms with Gasteiger partial charge in [0.15, 0.2) is 11.2 Å². The third-order valence-electron chi connectivity index (χ3n) is 6.61. The number of hydrogen-bond acceptors (Lipinski definition) is 7. The fourth-order valence-corrected chi connectivity index (χ4v) is 4.69. The highest BCUT2D eigenvalue weighted by molar-refractivity contribution is 5.75. The number of hydrogen-bond donors (Lipinski definition) is 1. The first-order valence-electron chi connectivity index (χ1n) is 13.3. The maximum atomic E-state index is 13.8. The monoisotopic (exact) mass is 537 g/mol. The highest BCUT2D eigenvalue weighted by Gasteiger charge is 2.29. The van der Waals surface area contributed by atoms with E-state index in [2.05, 4.69) is 15.2 Å². The number of carbonyl (C=O) groups excluding carboxylic acids is 1. The Morgan fingerprint density at radius 3 is 2.59 bits per heavy atom. The lowest BCUT2D eigenvalue weighted by molar-refractivity contribution is 0.0499. The van der Waals surface area contributed by atoms with E-state index in [0.29, 0.717) is 42.4 Å². The molecule has 0 bridgehead atoms. The number of alkyl carbamates (subject to hydrolysis) is 1. The van der Waals surface area contributed by atoms with Gasteiger partial charge in [0.2, 0.25) is 5.95 Å². The number of aromatic nitrogens is 5. The first kappa shape index (κ1) is 28.1. The second kappa shape index (κ2) is 11.1. The summed E-state index contributed by atoms with van der Waals surface area (Å²) in [4.78, 5) is 50.8. The summed E-state index contributed by atoms with van der Waals surface area (Å²) in [5.41, 5.74) is 1.97. The van der Waals surface area contributed by atoms with Gasteiger partial charge in [-0.15, -0.1) is 0 Å². The van der Waals surface area contributed by atoms with Gasteiger partial charge in [0, 0.05) is 38.9 Å². The molecule has 1 unspecified atom stereocenters. The summed E-state index contributed by atoms with van der Waals surface area (Å²) in [6.07, 6.45) is 4.93. The molecule has 1 atom stereocenters. The Morgan fingerprint density at radius 1 is 1.21 bits per heavy atom. The molecule has 1 aliphatic heterocycles. The van der Waals surface area contributed by atoms with Crippen LogP contribution in [0.5, 0.6) is 0 Å². The van der Waals surface area contributed by atoms with Crippen LogP contribution in [0.15, 0.2) is 39.6 Å². The minimum absolute atomic E-state index is 0.0660. The zero-order valence-electron chi connectivity index (χ0n) is 23.9. The van der Waals surface area contributed by atoms with Gasteiger partial charge in [-0.2, -0.15) is 4.98 Å². The maximum Gasteiger partial charge on any atom is 0.407 e. The van der Waals surface area contributed by atoms with E-state index in [1.54, 1.807) is 13.2 Å². The van der Waals surface area contributed by atoms with Crippen molar-refractivity contribution in [1.29, 1.82) is 0 Å². The number of allylic oxidation sites excluding steroid dienone is 2. The highest BCUT2D eigenvalue weighted by atomic mass is 16.6. The predicted molar refractivity (Wildman–Crippen MR) is 151 cm³/mol. The molecule has 1 fully saturated rings. The Labute approximate surface area is 228 Å². The van der Waals surface area contributed by atoms with E-state index in [9.17, 15) is 14.4 Å². The smallest absolute Gasteiger partial charge is 0.407 e. The van der Waals surface area contributed by atoms with Crippen LogP contribution in [0.25, 0.3) is 11.2 Å². The number of aryl methyl sites for hydroxylation is 2. The van der Waals surface area contributed by atoms with Gasteiger partial charge < -0.3 is 19.5 Å². The van der Waals surface area contributed by atoms with E-state index in [1.165, 1.54) is 9.13 Å². The first-order valence-corrected chi connectivity index (χ1v) is 13.3. The number of pyridine rings is 1. The number of nitrogens with zero attached hydrogens (tertiary/aromatic N) is 6. The Morgan fingerprint density at radius 2 is 1.95 bits per heavy atom. The molecule has 1 saturated heterocycles. The third-order valence-corrected chi connectivity index (χ3v) is 6.61. The fourth-order valence-electron chi connectivity index (χ4n) is 4.69. The number of imidazole rings is 1. The van der Waals surface area contributed by atoms with Gasteiger partial charge >= 0.3 is 11.8 Å². The lowest BCUT2D eigenvalue weighted by Gasteiger charge is -2.34. The van der Waals surface area contributed by atoms with Crippen molar-refractivity contribution >= 4 is 23.2 Å². The average Bonchev–Trinajstić information content (AvgIpc) is 3.24. The van der Waals surface area contributed by atoms with E-state index in [1.807, 2.05) is 64.3 Å². The SMILES string of the molecule is CC(C)=CCn1c(N2CCCC(NC(=O)OC(C)(C)C)C2)nc2c1c(=O)n(Cc1ccc(C)cn1)c(=O)n2C. The minimum Gasteiger partial charge on any atom is -0.444 e. The summed E-state index contributed by atoms with van der Waals surface area (Å²) in [6.45, 7) is 13.1. The largest absolute Gasteiger partial charge is 0.444 e. The Kier molecular flexibility index (Phi) is 7.99. The molecule has 0 aliphatic carbocycles. The molecule has 3 aromatic heterocycles. The number of ether oxygens (including phenoxy) is 1. The molecule has 1 amide bonds. The molecule has 0 radical (unpaired) electrons. The fraction of sp³-hybridized carbons (Fsp3) is 0.536. The molecule has 11 heteroatoms. The van der Waals surface area contributed by atoms with Crippen LogP contribution in [-0.2, 0) is 24.9 Å². The molecule has 11 nitrogen and oxygen atoms in total. The van der Waals surface area contributed by atoms with Gasteiger partial charge in [0.1, 0.15) is 5.60 Å². The van der Waals surface area contributed by atoms with E-state index in [4.69, 9.17) is 9.72 Å². The number of nitrogens with one attached hydrogen (secondary N) is 1. The topological polar surface area (TPSA) is 116 Å². The van der Waals surface area contributed by atoms with Crippen LogP contribution < -0.4 is 21.5 Å². The lowest BCUT2D eigenvalue weighted by atomic mass is 10.1. The normalized spacial score (nSPS) is 15.9. The second-order valence-electron chi connectivity index (χ2n) is 11.5. The summed E-state index contributed by atoms with van der Waals surface area (Å²) >= 11 is 0. The number of piperidine rings is 1. The van der Waals surface area contributed by atoms with Gasteiger partial charge in [-0.3, -0.25) is 18.9 Å². The molecule has 39 heavy (non-hydrogen) atoms. The number of rotatable bonds is 6. The van der Waals surface area contributed by atoms with Gasteiger partial charge in [-0.05, 0) is 66.0 Å². The Bertz CT molecular complexity index is 1500. The maximum absolute atomic E-state index is 13.8. The molecule has 3 aromatic rings. The molecule has 0 spiro atoms. The molecule has 0 saturated carbocycles. The van der Waals surface area contributed by atoms with Gasteiger partial charge in [0.05, 0.1) is 12.2 Å². The molecule has 1 N–H and O–H groups in total. The van der Waals surface area contributed by atoms with Crippen LogP contribution in [0.2, 0.25) is 0 Å². The number of amides is 1. The zero-order valence-corrected chi connectivity index (χ0v) is 23.9. The molecule has 210 valence electrons. The zero-order chi connectivity index (χ0) is 28.5. The van der Waals surface area contributed by atoms with Crippen molar-refractivity contribution in [2.45, 2.75) is 79.1 Å². The van der Waals surface area contributed by atoms with Crippen LogP contribution in [0.1, 0.15) is 58.7 Å². The van der Waals surface area contributed by atoms with E-state index < -0.39 is 22.9 Å². The molecule has 0 aromatic carbocycles. The molecular formula is C28H39N7O4.